The van der Waals surface area contributed by atoms with Crippen molar-refractivity contribution in [1.29, 1.82) is 0 Å². The quantitative estimate of drug-likeness (QED) is 0.483. The summed E-state index contributed by atoms with van der Waals surface area (Å²) in [5, 5.41) is 7.82. The summed E-state index contributed by atoms with van der Waals surface area (Å²) in [5.41, 5.74) is 1.48. The molecule has 1 aliphatic rings. The molecule has 33 heavy (non-hydrogen) atoms. The molecule has 2 aromatic heterocycles. The first-order chi connectivity index (χ1) is 15.8. The number of anilines is 1. The molecule has 0 atom stereocenters. The van der Waals surface area contributed by atoms with Crippen molar-refractivity contribution in [3.05, 3.63) is 30.5 Å². The molecule has 0 aliphatic carbocycles. The van der Waals surface area contributed by atoms with E-state index >= 15 is 0 Å². The Morgan fingerprint density at radius 1 is 1.18 bits per heavy atom. The average molecular weight is 491 g/mol. The van der Waals surface area contributed by atoms with Crippen molar-refractivity contribution in [2.45, 2.75) is 62.7 Å². The van der Waals surface area contributed by atoms with Crippen molar-refractivity contribution in [3.8, 4) is 0 Å². The van der Waals surface area contributed by atoms with E-state index in [1.165, 1.54) is 11.8 Å². The molecule has 0 unspecified atom stereocenters. The maximum absolute atomic E-state index is 13.1. The van der Waals surface area contributed by atoms with Crippen LogP contribution in [0.1, 0.15) is 46.1 Å². The van der Waals surface area contributed by atoms with E-state index in [0.29, 0.717) is 36.1 Å². The van der Waals surface area contributed by atoms with Gasteiger partial charge in [0.05, 0.1) is 27.9 Å². The summed E-state index contributed by atoms with van der Waals surface area (Å²) in [6, 6.07) is 7.04. The number of rotatable bonds is 8. The van der Waals surface area contributed by atoms with E-state index in [9.17, 15) is 13.2 Å². The Morgan fingerprint density at radius 2 is 1.94 bits per heavy atom. The highest BCUT2D eigenvalue weighted by Gasteiger charge is 2.26. The summed E-state index contributed by atoms with van der Waals surface area (Å²) in [7, 11) is -3.52. The van der Waals surface area contributed by atoms with Crippen LogP contribution in [0, 0.1) is 0 Å². The van der Waals surface area contributed by atoms with Crippen LogP contribution < -0.4 is 5.32 Å². The zero-order chi connectivity index (χ0) is 23.6. The van der Waals surface area contributed by atoms with Crippen LogP contribution in [0.5, 0.6) is 0 Å². The van der Waals surface area contributed by atoms with Gasteiger partial charge in [0.25, 0.3) is 0 Å². The number of hydrogen-bond acceptors (Lipinski definition) is 6. The number of fused-ring (bicyclic) bond motifs is 1. The van der Waals surface area contributed by atoms with Gasteiger partial charge in [-0.05, 0) is 51.8 Å². The third kappa shape index (κ3) is 4.95. The highest BCUT2D eigenvalue weighted by molar-refractivity contribution is 7.99. The molecule has 0 saturated carbocycles. The maximum Gasteiger partial charge on any atom is 0.243 e. The predicted molar refractivity (Wildman–Crippen MR) is 130 cm³/mol. The minimum absolute atomic E-state index is 0.141. The molecule has 1 N–H and O–H groups in total. The molecule has 1 saturated heterocycles. The third-order valence-corrected chi connectivity index (χ3v) is 8.58. The van der Waals surface area contributed by atoms with Crippen LogP contribution in [0.15, 0.2) is 40.5 Å². The molecule has 3 heterocycles. The lowest BCUT2D eigenvalue weighted by molar-refractivity contribution is -0.113. The fourth-order valence-corrected chi connectivity index (χ4v) is 6.47. The highest BCUT2D eigenvalue weighted by atomic mass is 32.2. The number of hydrogen-bond donors (Lipinski definition) is 1. The largest absolute Gasteiger partial charge is 0.319 e. The first-order valence-electron chi connectivity index (χ1n) is 11.3. The number of nitrogens with zero attached hydrogens (tertiary/aromatic N) is 5. The smallest absolute Gasteiger partial charge is 0.243 e. The lowest BCUT2D eigenvalue weighted by atomic mass is 10.2. The van der Waals surface area contributed by atoms with Gasteiger partial charge in [0.1, 0.15) is 5.82 Å². The Kier molecular flexibility index (Phi) is 7.10. The summed E-state index contributed by atoms with van der Waals surface area (Å²) in [5.74, 6) is 0.698. The number of carbonyl (C=O) groups excluding carboxylic acids is 1. The Morgan fingerprint density at radius 3 is 2.64 bits per heavy atom. The molecule has 9 nitrogen and oxygen atoms in total. The summed E-state index contributed by atoms with van der Waals surface area (Å²) < 4.78 is 31.4. The summed E-state index contributed by atoms with van der Waals surface area (Å²) in [6.45, 7) is 7.80. The number of sulfonamides is 1. The second-order valence-corrected chi connectivity index (χ2v) is 11.2. The summed E-state index contributed by atoms with van der Waals surface area (Å²) >= 11 is 1.33. The van der Waals surface area contributed by atoms with Gasteiger partial charge >= 0.3 is 0 Å². The number of thioether (sulfide) groups is 1. The lowest BCUT2D eigenvalue weighted by Gasteiger charge is -2.25. The number of nitrogens with one attached hydrogen (secondary N) is 1. The van der Waals surface area contributed by atoms with Gasteiger partial charge < -0.3 is 9.88 Å². The molecule has 3 aromatic rings. The second-order valence-electron chi connectivity index (χ2n) is 8.35. The van der Waals surface area contributed by atoms with Crippen LogP contribution in [0.25, 0.3) is 11.0 Å². The van der Waals surface area contributed by atoms with Crippen molar-refractivity contribution in [2.24, 2.45) is 0 Å². The molecule has 4 rings (SSSR count). The Hall–Kier alpha value is -2.37. The van der Waals surface area contributed by atoms with E-state index in [0.717, 1.165) is 24.8 Å². The van der Waals surface area contributed by atoms with Gasteiger partial charge in [-0.2, -0.15) is 9.40 Å². The van der Waals surface area contributed by atoms with Crippen molar-refractivity contribution >= 4 is 44.5 Å². The fourth-order valence-electron chi connectivity index (χ4n) is 4.05. The summed E-state index contributed by atoms with van der Waals surface area (Å²) in [6.07, 6.45) is 4.52. The van der Waals surface area contributed by atoms with Crippen LogP contribution in [0.4, 0.5) is 5.82 Å². The standard InChI is InChI=1S/C22H30N6O3S2/c1-4-27-19-9-8-17(33(30,31)26-12-6-5-7-13-26)14-18(19)24-22(27)32-15-21(29)25-20-10-11-23-28(20)16(2)3/h8-11,14,16H,4-7,12-13,15H2,1-3H3,(H,25,29). The molecule has 1 amide bonds. The van der Waals surface area contributed by atoms with E-state index < -0.39 is 10.0 Å². The number of amides is 1. The molecular formula is C22H30N6O3S2. The second kappa shape index (κ2) is 9.86. The molecule has 178 valence electrons. The number of aromatic nitrogens is 4. The van der Waals surface area contributed by atoms with E-state index in [2.05, 4.69) is 15.4 Å². The first-order valence-corrected chi connectivity index (χ1v) is 13.7. The molecule has 0 radical (unpaired) electrons. The zero-order valence-electron chi connectivity index (χ0n) is 19.2. The minimum Gasteiger partial charge on any atom is -0.319 e. The van der Waals surface area contributed by atoms with Gasteiger partial charge in [-0.25, -0.2) is 18.1 Å². The molecule has 1 aliphatic heterocycles. The average Bonchev–Trinajstić information content (AvgIpc) is 3.41. The lowest BCUT2D eigenvalue weighted by Crippen LogP contribution is -2.35. The SMILES string of the molecule is CCn1c(SCC(=O)Nc2ccnn2C(C)C)nc2cc(S(=O)(=O)N3CCCCC3)ccc21. The third-order valence-electron chi connectivity index (χ3n) is 5.71. The van der Waals surface area contributed by atoms with Gasteiger partial charge in [-0.3, -0.25) is 4.79 Å². The van der Waals surface area contributed by atoms with Crippen molar-refractivity contribution in [1.82, 2.24) is 23.6 Å². The van der Waals surface area contributed by atoms with Gasteiger partial charge in [0.2, 0.25) is 15.9 Å². The molecule has 1 aromatic carbocycles. The van der Waals surface area contributed by atoms with Crippen molar-refractivity contribution in [2.75, 3.05) is 24.2 Å². The van der Waals surface area contributed by atoms with Crippen LogP contribution >= 0.6 is 11.8 Å². The van der Waals surface area contributed by atoms with Gasteiger partial charge in [0.15, 0.2) is 5.16 Å². The van der Waals surface area contributed by atoms with Gasteiger partial charge in [-0.15, -0.1) is 0 Å². The van der Waals surface area contributed by atoms with E-state index in [1.54, 1.807) is 33.4 Å². The van der Waals surface area contributed by atoms with E-state index in [4.69, 9.17) is 0 Å². The van der Waals surface area contributed by atoms with Gasteiger partial charge in [-0.1, -0.05) is 18.2 Å². The first kappa shape index (κ1) is 23.8. The number of carbonyl (C=O) groups is 1. The van der Waals surface area contributed by atoms with Gasteiger partial charge in [0, 0.05) is 31.7 Å². The van der Waals surface area contributed by atoms with Crippen LogP contribution in [-0.4, -0.2) is 56.8 Å². The van der Waals surface area contributed by atoms with Crippen LogP contribution in [0.2, 0.25) is 0 Å². The molecule has 0 spiro atoms. The van der Waals surface area contributed by atoms with Crippen molar-refractivity contribution in [3.63, 3.8) is 0 Å². The normalized spacial score (nSPS) is 15.4. The van der Waals surface area contributed by atoms with Crippen LogP contribution in [-0.2, 0) is 21.4 Å². The van der Waals surface area contributed by atoms with Crippen molar-refractivity contribution < 1.29 is 13.2 Å². The topological polar surface area (TPSA) is 102 Å². The number of benzene rings is 1. The minimum atomic E-state index is -3.52. The highest BCUT2D eigenvalue weighted by Crippen LogP contribution is 2.28. The molecule has 11 heteroatoms. The zero-order valence-corrected chi connectivity index (χ0v) is 20.8. The predicted octanol–water partition coefficient (Wildman–Crippen LogP) is 3.74. The number of aryl methyl sites for hydroxylation is 1. The fraction of sp³-hybridized carbons (Fsp3) is 0.500. The Balaban J connectivity index is 1.52. The monoisotopic (exact) mass is 490 g/mol. The molecular weight excluding hydrogens is 460 g/mol. The Bertz CT molecular complexity index is 1240. The van der Waals surface area contributed by atoms with E-state index in [-0.39, 0.29) is 22.6 Å². The maximum atomic E-state index is 13.1. The van der Waals surface area contributed by atoms with E-state index in [1.807, 2.05) is 31.4 Å². The Labute approximate surface area is 198 Å². The molecule has 0 bridgehead atoms. The number of piperidine rings is 1. The van der Waals surface area contributed by atoms with Crippen LogP contribution in [0.3, 0.4) is 0 Å². The molecule has 1 fully saturated rings. The number of imidazole rings is 1. The summed E-state index contributed by atoms with van der Waals surface area (Å²) in [4.78, 5) is 17.5.